The molecule has 1 aromatic heterocycles. The minimum atomic E-state index is -1.02. The first-order chi connectivity index (χ1) is 23.5. The molecule has 4 aromatic rings. The molecule has 9 heteroatoms. The summed E-state index contributed by atoms with van der Waals surface area (Å²) in [7, 11) is 0. The number of carbonyl (C=O) groups excluding carboxylic acids is 2. The van der Waals surface area contributed by atoms with Crippen LogP contribution in [-0.2, 0) is 21.4 Å². The number of nitrogens with one attached hydrogen (secondary N) is 2. The number of hydrogen-bond donors (Lipinski definition) is 3. The van der Waals surface area contributed by atoms with Gasteiger partial charge in [0, 0.05) is 42.0 Å². The number of carboxylic acids is 1. The highest BCUT2D eigenvalue weighted by Gasteiger charge is 2.23. The van der Waals surface area contributed by atoms with Gasteiger partial charge >= 0.3 is 5.97 Å². The first-order valence-electron chi connectivity index (χ1n) is 16.7. The van der Waals surface area contributed by atoms with Crippen LogP contribution in [0.5, 0.6) is 5.75 Å². The summed E-state index contributed by atoms with van der Waals surface area (Å²) in [5.41, 5.74) is 4.94. The Morgan fingerprint density at radius 1 is 0.837 bits per heavy atom. The van der Waals surface area contributed by atoms with Crippen LogP contribution >= 0.6 is 0 Å². The van der Waals surface area contributed by atoms with E-state index in [-0.39, 0.29) is 30.7 Å². The highest BCUT2D eigenvalue weighted by molar-refractivity contribution is 5.97. The highest BCUT2D eigenvalue weighted by atomic mass is 16.5. The van der Waals surface area contributed by atoms with Crippen LogP contribution in [-0.4, -0.2) is 52.1 Å². The molecule has 1 unspecified atom stereocenters. The Morgan fingerprint density at radius 2 is 1.47 bits per heavy atom. The highest BCUT2D eigenvalue weighted by Crippen LogP contribution is 2.24. The van der Waals surface area contributed by atoms with Crippen LogP contribution in [0.2, 0.25) is 0 Å². The molecular weight excluding hydrogens is 616 g/mol. The van der Waals surface area contributed by atoms with Gasteiger partial charge in [-0.2, -0.15) is 0 Å². The maximum atomic E-state index is 13.2. The molecule has 0 bridgehead atoms. The molecule has 0 aliphatic carbocycles. The van der Waals surface area contributed by atoms with Crippen molar-refractivity contribution in [2.45, 2.75) is 71.3 Å². The Kier molecular flexibility index (Phi) is 13.2. The number of aliphatic carboxylic acids is 1. The number of nitrogens with zero attached hydrogens (tertiary/aromatic N) is 2. The molecule has 0 aliphatic heterocycles. The number of ether oxygens (including phenoxy) is 1. The summed E-state index contributed by atoms with van der Waals surface area (Å²) in [5, 5.41) is 14.5. The van der Waals surface area contributed by atoms with Crippen LogP contribution in [0.25, 0.3) is 22.5 Å². The molecule has 0 fully saturated rings. The van der Waals surface area contributed by atoms with Crippen LogP contribution in [0.15, 0.2) is 97.3 Å². The second-order valence-electron chi connectivity index (χ2n) is 12.9. The average molecular weight is 663 g/mol. The zero-order valence-electron chi connectivity index (χ0n) is 28.7. The van der Waals surface area contributed by atoms with Gasteiger partial charge in [0.15, 0.2) is 5.82 Å². The van der Waals surface area contributed by atoms with Gasteiger partial charge in [0.1, 0.15) is 11.8 Å². The van der Waals surface area contributed by atoms with Gasteiger partial charge < -0.3 is 20.5 Å². The molecule has 1 heterocycles. The lowest BCUT2D eigenvalue weighted by molar-refractivity contribution is -0.137. The normalized spacial score (nSPS) is 12.0. The molecule has 0 saturated carbocycles. The first kappa shape index (κ1) is 36.5. The molecule has 1 atom stereocenters. The van der Waals surface area contributed by atoms with E-state index in [1.54, 1.807) is 24.5 Å². The summed E-state index contributed by atoms with van der Waals surface area (Å²) in [6, 6.07) is 21.8. The molecule has 0 spiro atoms. The molecule has 256 valence electrons. The Morgan fingerprint density at radius 3 is 2.08 bits per heavy atom. The van der Waals surface area contributed by atoms with Crippen molar-refractivity contribution in [2.24, 2.45) is 0 Å². The smallest absolute Gasteiger partial charge is 0.305 e. The number of unbranched alkanes of at least 4 members (excludes halogenated alkanes) is 1. The predicted octanol–water partition coefficient (Wildman–Crippen LogP) is 7.17. The quantitative estimate of drug-likeness (QED) is 0.0857. The summed E-state index contributed by atoms with van der Waals surface area (Å²) in [6.45, 7) is 9.04. The average Bonchev–Trinajstić information content (AvgIpc) is 3.09. The maximum absolute atomic E-state index is 13.2. The van der Waals surface area contributed by atoms with Crippen LogP contribution in [0.1, 0.15) is 74.9 Å². The third-order valence-corrected chi connectivity index (χ3v) is 7.94. The zero-order chi connectivity index (χ0) is 35.2. The van der Waals surface area contributed by atoms with Crippen LogP contribution in [0.3, 0.4) is 0 Å². The number of hydrogen-bond acceptors (Lipinski definition) is 6. The van der Waals surface area contributed by atoms with Gasteiger partial charge in [-0.15, -0.1) is 0 Å². The van der Waals surface area contributed by atoms with Crippen LogP contribution in [0, 0.1) is 0 Å². The number of rotatable bonds is 16. The second-order valence-corrected chi connectivity index (χ2v) is 12.9. The third-order valence-electron chi connectivity index (χ3n) is 7.94. The van der Waals surface area contributed by atoms with E-state index in [0.717, 1.165) is 52.8 Å². The monoisotopic (exact) mass is 662 g/mol. The van der Waals surface area contributed by atoms with Gasteiger partial charge in [-0.25, -0.2) is 9.97 Å². The largest absolute Gasteiger partial charge is 0.493 e. The SMILES string of the molecule is CCCC=CCCOc1ccc(-c2cnc(-c3ccc(CC(NC(=O)c4ccc(C(C)(C)C)cc4)C(=O)NCCC(=O)O)cc3)nc2)cc1. The van der Waals surface area contributed by atoms with E-state index in [1.807, 2.05) is 60.7 Å². The van der Waals surface area contributed by atoms with Crippen molar-refractivity contribution in [3.05, 3.63) is 114 Å². The molecule has 3 N–H and O–H groups in total. The number of carboxylic acid groups (broad SMARTS) is 1. The van der Waals surface area contributed by atoms with Gasteiger partial charge in [-0.3, -0.25) is 14.4 Å². The molecule has 9 nitrogen and oxygen atoms in total. The molecule has 0 saturated heterocycles. The molecule has 0 radical (unpaired) electrons. The summed E-state index contributed by atoms with van der Waals surface area (Å²) in [6.07, 6.45) is 11.0. The Balaban J connectivity index is 1.39. The third kappa shape index (κ3) is 11.4. The Hall–Kier alpha value is -5.31. The fraction of sp³-hybridized carbons (Fsp3) is 0.325. The van der Waals surface area contributed by atoms with Gasteiger partial charge in [-0.05, 0) is 59.2 Å². The Labute approximate surface area is 288 Å². The summed E-state index contributed by atoms with van der Waals surface area (Å²) in [4.78, 5) is 46.4. The van der Waals surface area contributed by atoms with Gasteiger partial charge in [0.25, 0.3) is 5.91 Å². The topological polar surface area (TPSA) is 131 Å². The van der Waals surface area contributed by atoms with E-state index in [0.29, 0.717) is 18.0 Å². The number of carbonyl (C=O) groups is 3. The van der Waals surface area contributed by atoms with Crippen molar-refractivity contribution < 1.29 is 24.2 Å². The van der Waals surface area contributed by atoms with Crippen molar-refractivity contribution in [3.63, 3.8) is 0 Å². The number of aromatic nitrogens is 2. The van der Waals surface area contributed by atoms with Crippen molar-refractivity contribution in [3.8, 4) is 28.3 Å². The second kappa shape index (κ2) is 17.7. The van der Waals surface area contributed by atoms with E-state index >= 15 is 0 Å². The first-order valence-corrected chi connectivity index (χ1v) is 16.7. The van der Waals surface area contributed by atoms with Crippen molar-refractivity contribution in [2.75, 3.05) is 13.2 Å². The van der Waals surface area contributed by atoms with E-state index in [9.17, 15) is 14.4 Å². The van der Waals surface area contributed by atoms with E-state index < -0.39 is 17.9 Å². The lowest BCUT2D eigenvalue weighted by Gasteiger charge is -2.20. The molecule has 3 aromatic carbocycles. The van der Waals surface area contributed by atoms with Crippen molar-refractivity contribution in [1.82, 2.24) is 20.6 Å². The fourth-order valence-electron chi connectivity index (χ4n) is 5.03. The molecule has 2 amide bonds. The van der Waals surface area contributed by atoms with Gasteiger partial charge in [-0.1, -0.05) is 94.8 Å². The van der Waals surface area contributed by atoms with Gasteiger partial charge in [0.05, 0.1) is 13.0 Å². The van der Waals surface area contributed by atoms with Crippen LogP contribution in [0.4, 0.5) is 0 Å². The zero-order valence-corrected chi connectivity index (χ0v) is 28.7. The minimum absolute atomic E-state index is 0.0397. The van der Waals surface area contributed by atoms with Crippen molar-refractivity contribution >= 4 is 17.8 Å². The van der Waals surface area contributed by atoms with E-state index in [2.05, 4.69) is 60.4 Å². The number of amides is 2. The van der Waals surface area contributed by atoms with E-state index in [4.69, 9.17) is 9.84 Å². The summed E-state index contributed by atoms with van der Waals surface area (Å²) < 4.78 is 5.83. The molecule has 4 rings (SSSR count). The van der Waals surface area contributed by atoms with E-state index in [1.165, 1.54) is 0 Å². The maximum Gasteiger partial charge on any atom is 0.305 e. The lowest BCUT2D eigenvalue weighted by atomic mass is 9.86. The van der Waals surface area contributed by atoms with Crippen molar-refractivity contribution in [1.29, 1.82) is 0 Å². The molecular formula is C40H46N4O5. The molecule has 49 heavy (non-hydrogen) atoms. The predicted molar refractivity (Wildman–Crippen MR) is 192 cm³/mol. The Bertz CT molecular complexity index is 1690. The van der Waals surface area contributed by atoms with Crippen LogP contribution < -0.4 is 15.4 Å². The summed E-state index contributed by atoms with van der Waals surface area (Å²) >= 11 is 0. The number of allylic oxidation sites excluding steroid dienone is 1. The minimum Gasteiger partial charge on any atom is -0.493 e. The van der Waals surface area contributed by atoms with Gasteiger partial charge in [0.2, 0.25) is 5.91 Å². The number of benzene rings is 3. The lowest BCUT2D eigenvalue weighted by Crippen LogP contribution is -2.48. The summed E-state index contributed by atoms with van der Waals surface area (Å²) in [5.74, 6) is -0.486. The molecule has 0 aliphatic rings. The standard InChI is InChI=1S/C40H46N4O5/c1-5-6-7-8-9-24-49-34-20-16-29(17-21-34)32-26-42-37(43-27-32)30-12-10-28(11-13-30)25-35(39(48)41-23-22-36(45)46)44-38(47)31-14-18-33(19-15-31)40(2,3)4/h7-8,10-21,26-27,35H,5-6,9,22-25H2,1-4H3,(H,41,48)(H,44,47)(H,45,46). The fourth-order valence-corrected chi connectivity index (χ4v) is 5.03.